The highest BCUT2D eigenvalue weighted by atomic mass is 127. The Bertz CT molecular complexity index is 638. The van der Waals surface area contributed by atoms with Gasteiger partial charge in [-0.15, -0.1) is 24.0 Å². The maximum Gasteiger partial charge on any atom is 0.208 e. The van der Waals surface area contributed by atoms with Crippen molar-refractivity contribution in [2.75, 3.05) is 26.4 Å². The van der Waals surface area contributed by atoms with Crippen LogP contribution in [0.25, 0.3) is 0 Å². The van der Waals surface area contributed by atoms with E-state index in [-0.39, 0.29) is 42.4 Å². The van der Waals surface area contributed by atoms with E-state index < -0.39 is 10.0 Å². The Kier molecular flexibility index (Phi) is 9.63. The average Bonchev–Trinajstić information content (AvgIpc) is 2.43. The summed E-state index contributed by atoms with van der Waals surface area (Å²) < 4.78 is 37.9. The number of rotatable bonds is 6. The molecule has 3 N–H and O–H groups in total. The summed E-state index contributed by atoms with van der Waals surface area (Å²) in [4.78, 5) is 4.05. The van der Waals surface area contributed by atoms with Gasteiger partial charge in [-0.2, -0.15) is 0 Å². The molecule has 0 bridgehead atoms. The van der Waals surface area contributed by atoms with Gasteiger partial charge in [0.15, 0.2) is 5.96 Å². The minimum Gasteiger partial charge on any atom is -0.355 e. The zero-order valence-electron chi connectivity index (χ0n) is 13.7. The Balaban J connectivity index is 0.00000484. The first-order valence-electron chi connectivity index (χ1n) is 6.91. The lowest BCUT2D eigenvalue weighted by molar-refractivity contribution is 0.586. The highest BCUT2D eigenvalue weighted by Gasteiger charge is 2.09. The van der Waals surface area contributed by atoms with Crippen LogP contribution in [0.5, 0.6) is 0 Å². The molecule has 0 heterocycles. The molecule has 1 aromatic carbocycles. The molecular formula is C14H24FIN4O2S. The summed E-state index contributed by atoms with van der Waals surface area (Å²) in [6, 6.07) is 4.94. The second-order valence-corrected chi connectivity index (χ2v) is 6.87. The van der Waals surface area contributed by atoms with Crippen LogP contribution in [0, 0.1) is 12.7 Å². The van der Waals surface area contributed by atoms with E-state index in [0.29, 0.717) is 18.1 Å². The second-order valence-electron chi connectivity index (χ2n) is 5.04. The summed E-state index contributed by atoms with van der Waals surface area (Å²) in [5.74, 6) is 0.273. The van der Waals surface area contributed by atoms with Gasteiger partial charge in [0.05, 0.1) is 12.3 Å². The van der Waals surface area contributed by atoms with E-state index >= 15 is 0 Å². The van der Waals surface area contributed by atoms with Crippen molar-refractivity contribution in [2.24, 2.45) is 4.99 Å². The standard InChI is InChI=1S/C14H23FN4O2S.HI/c1-10-5-6-12(9-13(10)15)11(2)19-14(16-3)17-7-8-18-22(4,20)21;/h5-6,9,11,18H,7-8H2,1-4H3,(H2,16,17,19);1H. The number of benzene rings is 1. The minimum absolute atomic E-state index is 0. The van der Waals surface area contributed by atoms with Crippen molar-refractivity contribution in [3.8, 4) is 0 Å². The molecule has 0 radical (unpaired) electrons. The summed E-state index contributed by atoms with van der Waals surface area (Å²) in [7, 11) is -1.58. The molecule has 0 amide bonds. The van der Waals surface area contributed by atoms with Gasteiger partial charge in [-0.05, 0) is 31.0 Å². The van der Waals surface area contributed by atoms with Crippen molar-refractivity contribution in [2.45, 2.75) is 19.9 Å². The fourth-order valence-corrected chi connectivity index (χ4v) is 2.25. The van der Waals surface area contributed by atoms with Crippen LogP contribution in [-0.4, -0.2) is 40.8 Å². The quantitative estimate of drug-likeness (QED) is 0.262. The molecule has 0 fully saturated rings. The predicted molar refractivity (Wildman–Crippen MR) is 102 cm³/mol. The maximum absolute atomic E-state index is 13.6. The van der Waals surface area contributed by atoms with Gasteiger partial charge in [-0.25, -0.2) is 17.5 Å². The minimum atomic E-state index is -3.20. The third-order valence-corrected chi connectivity index (χ3v) is 3.78. The van der Waals surface area contributed by atoms with Gasteiger partial charge in [-0.3, -0.25) is 4.99 Å². The van der Waals surface area contributed by atoms with Gasteiger partial charge in [0.1, 0.15) is 5.82 Å². The Labute approximate surface area is 154 Å². The Morgan fingerprint density at radius 2 is 2.00 bits per heavy atom. The summed E-state index contributed by atoms with van der Waals surface area (Å²) in [6.07, 6.45) is 1.11. The molecule has 1 unspecified atom stereocenters. The molecule has 23 heavy (non-hydrogen) atoms. The smallest absolute Gasteiger partial charge is 0.208 e. The first-order valence-corrected chi connectivity index (χ1v) is 8.80. The van der Waals surface area contributed by atoms with Crippen LogP contribution in [0.2, 0.25) is 0 Å². The highest BCUT2D eigenvalue weighted by Crippen LogP contribution is 2.16. The van der Waals surface area contributed by atoms with E-state index in [9.17, 15) is 12.8 Å². The molecule has 6 nitrogen and oxygen atoms in total. The van der Waals surface area contributed by atoms with E-state index in [4.69, 9.17) is 0 Å². The fraction of sp³-hybridized carbons (Fsp3) is 0.500. The largest absolute Gasteiger partial charge is 0.355 e. The van der Waals surface area contributed by atoms with E-state index in [0.717, 1.165) is 11.8 Å². The Hall–Kier alpha value is -0.940. The fourth-order valence-electron chi connectivity index (χ4n) is 1.78. The van der Waals surface area contributed by atoms with E-state index in [1.54, 1.807) is 20.0 Å². The highest BCUT2D eigenvalue weighted by molar-refractivity contribution is 14.0. The van der Waals surface area contributed by atoms with Crippen LogP contribution in [0.1, 0.15) is 24.1 Å². The number of guanidine groups is 1. The van der Waals surface area contributed by atoms with Crippen molar-refractivity contribution < 1.29 is 12.8 Å². The van der Waals surface area contributed by atoms with E-state index in [1.165, 1.54) is 6.07 Å². The van der Waals surface area contributed by atoms with Crippen molar-refractivity contribution in [3.63, 3.8) is 0 Å². The van der Waals surface area contributed by atoms with E-state index in [1.807, 2.05) is 13.0 Å². The number of aryl methyl sites for hydroxylation is 1. The molecule has 0 saturated heterocycles. The SMILES string of the molecule is CN=C(NCCNS(C)(=O)=O)NC(C)c1ccc(C)c(F)c1.I. The molecule has 9 heteroatoms. The summed E-state index contributed by atoms with van der Waals surface area (Å²) in [5, 5.41) is 6.11. The number of nitrogens with zero attached hydrogens (tertiary/aromatic N) is 1. The number of halogens is 2. The Morgan fingerprint density at radius 1 is 1.35 bits per heavy atom. The molecular weight excluding hydrogens is 434 g/mol. The molecule has 1 rings (SSSR count). The van der Waals surface area contributed by atoms with Gasteiger partial charge in [0.25, 0.3) is 0 Å². The van der Waals surface area contributed by atoms with Crippen molar-refractivity contribution in [1.82, 2.24) is 15.4 Å². The Morgan fingerprint density at radius 3 is 2.52 bits per heavy atom. The number of hydrogen-bond donors (Lipinski definition) is 3. The summed E-state index contributed by atoms with van der Waals surface area (Å²) >= 11 is 0. The van der Waals surface area contributed by atoms with Crippen molar-refractivity contribution >= 4 is 40.0 Å². The van der Waals surface area contributed by atoms with Gasteiger partial charge >= 0.3 is 0 Å². The number of aliphatic imine (C=N–C) groups is 1. The van der Waals surface area contributed by atoms with Crippen LogP contribution in [0.3, 0.4) is 0 Å². The van der Waals surface area contributed by atoms with Gasteiger partial charge in [0.2, 0.25) is 10.0 Å². The van der Waals surface area contributed by atoms with Gasteiger partial charge in [-0.1, -0.05) is 12.1 Å². The predicted octanol–water partition coefficient (Wildman–Crippen LogP) is 1.53. The lowest BCUT2D eigenvalue weighted by Gasteiger charge is -2.18. The molecule has 0 aliphatic rings. The molecule has 0 aliphatic carbocycles. The van der Waals surface area contributed by atoms with Crippen LogP contribution in [0.4, 0.5) is 4.39 Å². The van der Waals surface area contributed by atoms with Gasteiger partial charge < -0.3 is 10.6 Å². The van der Waals surface area contributed by atoms with Crippen molar-refractivity contribution in [3.05, 3.63) is 35.1 Å². The summed E-state index contributed by atoms with van der Waals surface area (Å²) in [5.41, 5.74) is 1.41. The third kappa shape index (κ3) is 8.47. The molecule has 0 saturated carbocycles. The normalized spacial score (nSPS) is 13.2. The molecule has 0 spiro atoms. The van der Waals surface area contributed by atoms with E-state index in [2.05, 4.69) is 20.3 Å². The number of hydrogen-bond acceptors (Lipinski definition) is 3. The van der Waals surface area contributed by atoms with Crippen molar-refractivity contribution in [1.29, 1.82) is 0 Å². The topological polar surface area (TPSA) is 82.6 Å². The monoisotopic (exact) mass is 458 g/mol. The number of nitrogens with one attached hydrogen (secondary N) is 3. The van der Waals surface area contributed by atoms with Crippen LogP contribution < -0.4 is 15.4 Å². The summed E-state index contributed by atoms with van der Waals surface area (Å²) in [6.45, 7) is 4.26. The second kappa shape index (κ2) is 10.0. The maximum atomic E-state index is 13.6. The lowest BCUT2D eigenvalue weighted by atomic mass is 10.1. The van der Waals surface area contributed by atoms with Crippen LogP contribution in [-0.2, 0) is 10.0 Å². The third-order valence-electron chi connectivity index (χ3n) is 3.05. The average molecular weight is 458 g/mol. The molecule has 1 aromatic rings. The zero-order chi connectivity index (χ0) is 16.8. The van der Waals surface area contributed by atoms with Crippen LogP contribution >= 0.6 is 24.0 Å². The molecule has 0 aromatic heterocycles. The first-order chi connectivity index (χ1) is 10.2. The molecule has 0 aliphatic heterocycles. The molecule has 1 atom stereocenters. The lowest BCUT2D eigenvalue weighted by Crippen LogP contribution is -2.42. The van der Waals surface area contributed by atoms with Gasteiger partial charge in [0, 0.05) is 20.1 Å². The first kappa shape index (κ1) is 22.1. The zero-order valence-corrected chi connectivity index (χ0v) is 16.8. The molecule has 132 valence electrons. The van der Waals surface area contributed by atoms with Crippen LogP contribution in [0.15, 0.2) is 23.2 Å². The number of sulfonamides is 1.